The predicted molar refractivity (Wildman–Crippen MR) is 106 cm³/mol. The van der Waals surface area contributed by atoms with Crippen LogP contribution in [0.1, 0.15) is 83.3 Å². The first-order valence-electron chi connectivity index (χ1n) is 10.0. The topological polar surface area (TPSA) is 72.9 Å². The van der Waals surface area contributed by atoms with E-state index in [1.54, 1.807) is 11.8 Å². The monoisotopic (exact) mass is 390 g/mol. The number of hydrogen-bond donors (Lipinski definition) is 0. The van der Waals surface area contributed by atoms with Gasteiger partial charge in [0.2, 0.25) is 11.8 Å². The van der Waals surface area contributed by atoms with Crippen molar-refractivity contribution in [2.45, 2.75) is 82.2 Å². The van der Waals surface area contributed by atoms with Gasteiger partial charge in [-0.2, -0.15) is 4.98 Å². The van der Waals surface area contributed by atoms with Crippen LogP contribution in [0.5, 0.6) is 0 Å². The first kappa shape index (κ1) is 18.8. The Hall–Kier alpha value is -1.57. The number of hydrogen-bond acceptors (Lipinski definition) is 7. The number of rotatable bonds is 5. The van der Waals surface area contributed by atoms with Crippen molar-refractivity contribution in [2.24, 2.45) is 5.92 Å². The molecule has 8 heteroatoms. The molecular formula is C19H30N6OS. The average molecular weight is 391 g/mol. The molecule has 0 spiro atoms. The lowest BCUT2D eigenvalue weighted by Crippen LogP contribution is -2.34. The van der Waals surface area contributed by atoms with Gasteiger partial charge in [-0.25, -0.2) is 0 Å². The molecule has 1 saturated heterocycles. The molecule has 2 fully saturated rings. The third kappa shape index (κ3) is 4.00. The van der Waals surface area contributed by atoms with Gasteiger partial charge in [-0.15, -0.1) is 10.2 Å². The number of nitrogens with zero attached hydrogens (tertiary/aromatic N) is 6. The summed E-state index contributed by atoms with van der Waals surface area (Å²) < 4.78 is 7.87. The Morgan fingerprint density at radius 2 is 1.81 bits per heavy atom. The van der Waals surface area contributed by atoms with E-state index in [1.165, 1.54) is 25.7 Å². The average Bonchev–Trinajstić information content (AvgIpc) is 3.16. The molecule has 1 aliphatic carbocycles. The minimum Gasteiger partial charge on any atom is -0.341 e. The summed E-state index contributed by atoms with van der Waals surface area (Å²) in [5.74, 6) is 3.25. The summed E-state index contributed by atoms with van der Waals surface area (Å²) in [4.78, 5) is 7.01. The van der Waals surface area contributed by atoms with E-state index >= 15 is 0 Å². The van der Waals surface area contributed by atoms with Gasteiger partial charge in [-0.3, -0.25) is 4.57 Å². The van der Waals surface area contributed by atoms with Crippen molar-refractivity contribution in [3.8, 4) is 0 Å². The molecule has 1 atom stereocenters. The van der Waals surface area contributed by atoms with Crippen LogP contribution in [0.25, 0.3) is 0 Å². The van der Waals surface area contributed by atoms with E-state index < -0.39 is 0 Å². The molecule has 2 aromatic heterocycles. The maximum Gasteiger partial charge on any atom is 0.239 e. The molecule has 4 rings (SSSR count). The summed E-state index contributed by atoms with van der Waals surface area (Å²) in [5, 5.41) is 14.3. The summed E-state index contributed by atoms with van der Waals surface area (Å²) >= 11 is 1.67. The van der Waals surface area contributed by atoms with Gasteiger partial charge in [-0.05, 0) is 38.5 Å². The molecule has 1 unspecified atom stereocenters. The quantitative estimate of drug-likeness (QED) is 0.701. The van der Waals surface area contributed by atoms with E-state index in [1.807, 2.05) is 0 Å². The van der Waals surface area contributed by atoms with Gasteiger partial charge in [0.25, 0.3) is 0 Å². The van der Waals surface area contributed by atoms with Crippen molar-refractivity contribution >= 4 is 17.7 Å². The van der Waals surface area contributed by atoms with Crippen LogP contribution in [0.3, 0.4) is 0 Å². The van der Waals surface area contributed by atoms with E-state index in [0.717, 1.165) is 35.9 Å². The zero-order valence-electron chi connectivity index (χ0n) is 17.0. The molecule has 1 saturated carbocycles. The summed E-state index contributed by atoms with van der Waals surface area (Å²) in [7, 11) is 0. The van der Waals surface area contributed by atoms with Crippen molar-refractivity contribution in [1.29, 1.82) is 0 Å². The molecule has 27 heavy (non-hydrogen) atoms. The van der Waals surface area contributed by atoms with E-state index in [9.17, 15) is 0 Å². The molecule has 0 aromatic carbocycles. The lowest BCUT2D eigenvalue weighted by Gasteiger charge is -2.31. The fourth-order valence-corrected chi connectivity index (χ4v) is 4.28. The van der Waals surface area contributed by atoms with Crippen LogP contribution in [0.2, 0.25) is 0 Å². The van der Waals surface area contributed by atoms with Gasteiger partial charge in [0.15, 0.2) is 11.0 Å². The summed E-state index contributed by atoms with van der Waals surface area (Å²) in [6, 6.07) is 0.539. The molecule has 2 aliphatic rings. The van der Waals surface area contributed by atoms with Gasteiger partial charge in [0.1, 0.15) is 0 Å². The Labute approximate surface area is 165 Å². The summed E-state index contributed by atoms with van der Waals surface area (Å²) in [6.45, 7) is 12.9. The Morgan fingerprint density at radius 1 is 1.11 bits per heavy atom. The van der Waals surface area contributed by atoms with E-state index in [4.69, 9.17) is 4.52 Å². The minimum atomic E-state index is -0.112. The molecule has 1 aliphatic heterocycles. The van der Waals surface area contributed by atoms with Crippen molar-refractivity contribution < 1.29 is 4.52 Å². The molecule has 148 valence electrons. The van der Waals surface area contributed by atoms with E-state index in [0.29, 0.717) is 11.9 Å². The smallest absolute Gasteiger partial charge is 0.239 e. The Kier molecular flexibility index (Phi) is 4.94. The van der Waals surface area contributed by atoms with E-state index in [2.05, 4.69) is 64.4 Å². The molecule has 0 amide bonds. The largest absolute Gasteiger partial charge is 0.341 e. The van der Waals surface area contributed by atoms with Crippen molar-refractivity contribution in [3.05, 3.63) is 11.7 Å². The third-order valence-electron chi connectivity index (χ3n) is 5.37. The zero-order valence-corrected chi connectivity index (χ0v) is 17.8. The van der Waals surface area contributed by atoms with E-state index in [-0.39, 0.29) is 10.7 Å². The summed E-state index contributed by atoms with van der Waals surface area (Å²) in [5.41, 5.74) is -0.112. The Morgan fingerprint density at radius 3 is 2.41 bits per heavy atom. The van der Waals surface area contributed by atoms with Crippen LogP contribution in [0, 0.1) is 5.92 Å². The maximum atomic E-state index is 5.53. The minimum absolute atomic E-state index is 0.0459. The molecular weight excluding hydrogens is 360 g/mol. The first-order valence-corrected chi connectivity index (χ1v) is 10.9. The van der Waals surface area contributed by atoms with Crippen LogP contribution in [0.15, 0.2) is 9.68 Å². The molecule has 0 radical (unpaired) electrons. The van der Waals surface area contributed by atoms with Gasteiger partial charge >= 0.3 is 0 Å². The number of anilines is 1. The van der Waals surface area contributed by atoms with Crippen molar-refractivity contribution in [2.75, 3.05) is 18.0 Å². The number of thioether (sulfide) groups is 1. The Bertz CT molecular complexity index is 782. The van der Waals surface area contributed by atoms with Gasteiger partial charge in [0.05, 0.1) is 5.25 Å². The van der Waals surface area contributed by atoms with Crippen LogP contribution in [-0.2, 0) is 5.41 Å². The van der Waals surface area contributed by atoms with Gasteiger partial charge in [-0.1, -0.05) is 44.6 Å². The molecule has 7 nitrogen and oxygen atoms in total. The van der Waals surface area contributed by atoms with Gasteiger partial charge < -0.3 is 9.42 Å². The second-order valence-corrected chi connectivity index (χ2v) is 10.3. The van der Waals surface area contributed by atoms with Crippen LogP contribution < -0.4 is 4.90 Å². The molecule has 0 N–H and O–H groups in total. The maximum absolute atomic E-state index is 5.53. The Balaban J connectivity index is 1.53. The van der Waals surface area contributed by atoms with Crippen molar-refractivity contribution in [3.63, 3.8) is 0 Å². The third-order valence-corrected chi connectivity index (χ3v) is 6.41. The highest BCUT2D eigenvalue weighted by atomic mass is 32.2. The van der Waals surface area contributed by atoms with Crippen LogP contribution >= 0.6 is 11.8 Å². The van der Waals surface area contributed by atoms with Crippen molar-refractivity contribution in [1.82, 2.24) is 24.9 Å². The molecule has 3 heterocycles. The first-order chi connectivity index (χ1) is 12.8. The molecule has 0 bridgehead atoms. The highest BCUT2D eigenvalue weighted by Crippen LogP contribution is 2.44. The van der Waals surface area contributed by atoms with Crippen LogP contribution in [-0.4, -0.2) is 38.0 Å². The lowest BCUT2D eigenvalue weighted by atomic mass is 9.96. The molecule has 2 aromatic rings. The highest BCUT2D eigenvalue weighted by Gasteiger charge is 2.34. The fourth-order valence-electron chi connectivity index (χ4n) is 3.34. The lowest BCUT2D eigenvalue weighted by molar-refractivity contribution is 0.364. The second kappa shape index (κ2) is 7.11. The number of aromatic nitrogens is 5. The number of piperidine rings is 1. The van der Waals surface area contributed by atoms with Gasteiger partial charge in [0, 0.05) is 24.5 Å². The van der Waals surface area contributed by atoms with Crippen LogP contribution in [0.4, 0.5) is 5.95 Å². The summed E-state index contributed by atoms with van der Waals surface area (Å²) in [6.07, 6.45) is 4.89. The highest BCUT2D eigenvalue weighted by molar-refractivity contribution is 7.99. The zero-order chi connectivity index (χ0) is 19.2. The normalized spacial score (nSPS) is 20.3. The SMILES string of the molecule is CC1CCN(c2nnc(SC(C)c3nc(C(C)(C)C)no3)n2C2CC2)CC1. The fraction of sp³-hybridized carbons (Fsp3) is 0.789. The standard InChI is InChI=1S/C19H30N6OS/c1-12-8-10-24(11-9-12)17-21-22-18(25(17)14-6-7-14)27-13(2)15-20-16(23-26-15)19(3,4)5/h12-14H,6-11H2,1-5H3. The second-order valence-electron chi connectivity index (χ2n) is 9.02. The predicted octanol–water partition coefficient (Wildman–Crippen LogP) is 4.38.